The van der Waals surface area contributed by atoms with E-state index in [0.717, 1.165) is 5.56 Å². The van der Waals surface area contributed by atoms with E-state index in [1.807, 2.05) is 0 Å². The van der Waals surface area contributed by atoms with Gasteiger partial charge in [-0.05, 0) is 46.1 Å². The van der Waals surface area contributed by atoms with Crippen molar-refractivity contribution in [2.45, 2.75) is 12.5 Å². The van der Waals surface area contributed by atoms with Gasteiger partial charge in [-0.15, -0.1) is 0 Å². The Morgan fingerprint density at radius 1 is 1.35 bits per heavy atom. The first-order chi connectivity index (χ1) is 9.51. The fourth-order valence-corrected chi connectivity index (χ4v) is 2.76. The molecule has 0 aliphatic rings. The summed E-state index contributed by atoms with van der Waals surface area (Å²) in [7, 11) is 0. The molecule has 0 radical (unpaired) electrons. The molecule has 3 nitrogen and oxygen atoms in total. The molecule has 1 unspecified atom stereocenters. The van der Waals surface area contributed by atoms with E-state index < -0.39 is 0 Å². The molecule has 0 fully saturated rings. The number of nitrogens with one attached hydrogen (secondary N) is 1. The minimum atomic E-state index is -0.311. The summed E-state index contributed by atoms with van der Waals surface area (Å²) in [4.78, 5) is 4.19. The Bertz CT molecular complexity index is 625. The number of hydrogen-bond acceptors (Lipinski definition) is 3. The summed E-state index contributed by atoms with van der Waals surface area (Å²) in [6.45, 7) is 0. The number of halogens is 4. The van der Waals surface area contributed by atoms with Crippen LogP contribution in [0, 0.1) is 5.82 Å². The monoisotopic (exact) mass is 377 g/mol. The maximum atomic E-state index is 13.2. The van der Waals surface area contributed by atoms with Crippen molar-refractivity contribution in [3.05, 3.63) is 62.1 Å². The van der Waals surface area contributed by atoms with Gasteiger partial charge >= 0.3 is 0 Å². The van der Waals surface area contributed by atoms with E-state index in [0.29, 0.717) is 26.6 Å². The molecule has 0 spiro atoms. The summed E-state index contributed by atoms with van der Waals surface area (Å²) >= 11 is 15.1. The molecule has 2 aromatic rings. The molecule has 106 valence electrons. The number of hydrogen-bond donors (Lipinski definition) is 2. The quantitative estimate of drug-likeness (QED) is 0.623. The predicted octanol–water partition coefficient (Wildman–Crippen LogP) is 4.04. The van der Waals surface area contributed by atoms with E-state index in [1.54, 1.807) is 18.2 Å². The zero-order valence-corrected chi connectivity index (χ0v) is 13.3. The van der Waals surface area contributed by atoms with Gasteiger partial charge in [-0.25, -0.2) is 4.39 Å². The fraction of sp³-hybridized carbons (Fsp3) is 0.154. The Hall–Kier alpha value is -0.720. The van der Waals surface area contributed by atoms with Crippen LogP contribution in [0.5, 0.6) is 0 Å². The van der Waals surface area contributed by atoms with E-state index in [2.05, 4.69) is 26.3 Å². The SMILES string of the molecule is NNC(Cc1ccc(F)c(Br)c1)c1ncc(Cl)cc1Cl. The molecule has 0 aliphatic carbocycles. The number of pyridine rings is 1. The Labute approximate surface area is 134 Å². The molecular formula is C13H11BrCl2FN3. The summed E-state index contributed by atoms with van der Waals surface area (Å²) in [5.41, 5.74) is 4.16. The molecule has 0 amide bonds. The van der Waals surface area contributed by atoms with E-state index in [4.69, 9.17) is 29.0 Å². The van der Waals surface area contributed by atoms with Crippen molar-refractivity contribution in [2.75, 3.05) is 0 Å². The van der Waals surface area contributed by atoms with Gasteiger partial charge in [-0.1, -0.05) is 29.3 Å². The summed E-state index contributed by atoms with van der Waals surface area (Å²) in [5, 5.41) is 0.890. The van der Waals surface area contributed by atoms with Crippen molar-refractivity contribution in [3.63, 3.8) is 0 Å². The number of benzene rings is 1. The predicted molar refractivity (Wildman–Crippen MR) is 82.1 cm³/mol. The van der Waals surface area contributed by atoms with Gasteiger partial charge in [0.1, 0.15) is 5.82 Å². The zero-order valence-electron chi connectivity index (χ0n) is 10.2. The van der Waals surface area contributed by atoms with Crippen molar-refractivity contribution in [3.8, 4) is 0 Å². The van der Waals surface area contributed by atoms with Crippen LogP contribution < -0.4 is 11.3 Å². The van der Waals surface area contributed by atoms with Gasteiger partial charge in [0, 0.05) is 6.20 Å². The van der Waals surface area contributed by atoms with Crippen LogP contribution in [0.4, 0.5) is 4.39 Å². The van der Waals surface area contributed by atoms with E-state index in [9.17, 15) is 4.39 Å². The molecule has 0 saturated heterocycles. The maximum Gasteiger partial charge on any atom is 0.137 e. The summed E-state index contributed by atoms with van der Waals surface area (Å²) in [6, 6.07) is 6.09. The van der Waals surface area contributed by atoms with Crippen LogP contribution in [-0.4, -0.2) is 4.98 Å². The van der Waals surface area contributed by atoms with Crippen LogP contribution >= 0.6 is 39.1 Å². The molecule has 0 saturated carbocycles. The van der Waals surface area contributed by atoms with Crippen LogP contribution in [0.2, 0.25) is 10.0 Å². The molecule has 0 aliphatic heterocycles. The van der Waals surface area contributed by atoms with Crippen molar-refractivity contribution in [1.29, 1.82) is 0 Å². The molecule has 20 heavy (non-hydrogen) atoms. The first-order valence-electron chi connectivity index (χ1n) is 5.72. The van der Waals surface area contributed by atoms with Gasteiger partial charge in [0.25, 0.3) is 0 Å². The standard InChI is InChI=1S/C13H11BrCl2FN3/c14-9-3-7(1-2-11(9)17)4-12(20-18)13-10(16)5-8(15)6-19-13/h1-3,5-6,12,20H,4,18H2. The van der Waals surface area contributed by atoms with Gasteiger partial charge in [0.05, 0.1) is 26.3 Å². The highest BCUT2D eigenvalue weighted by Gasteiger charge is 2.16. The maximum absolute atomic E-state index is 13.2. The van der Waals surface area contributed by atoms with Gasteiger partial charge < -0.3 is 0 Å². The van der Waals surface area contributed by atoms with Crippen LogP contribution in [-0.2, 0) is 6.42 Å². The van der Waals surface area contributed by atoms with E-state index >= 15 is 0 Å². The second kappa shape index (κ2) is 6.83. The Morgan fingerprint density at radius 2 is 2.10 bits per heavy atom. The summed E-state index contributed by atoms with van der Waals surface area (Å²) < 4.78 is 13.6. The number of nitrogens with two attached hydrogens (primary N) is 1. The Kier molecular flexibility index (Phi) is 5.35. The number of aromatic nitrogens is 1. The third-order valence-electron chi connectivity index (χ3n) is 2.79. The zero-order chi connectivity index (χ0) is 14.7. The average molecular weight is 379 g/mol. The number of hydrazine groups is 1. The summed E-state index contributed by atoms with van der Waals surface area (Å²) in [6.07, 6.45) is 2.03. The fourth-order valence-electron chi connectivity index (χ4n) is 1.82. The Balaban J connectivity index is 2.26. The molecule has 1 aromatic heterocycles. The minimum absolute atomic E-state index is 0.294. The average Bonchev–Trinajstić information content (AvgIpc) is 2.41. The minimum Gasteiger partial charge on any atom is -0.271 e. The van der Waals surface area contributed by atoms with Gasteiger partial charge in [0.15, 0.2) is 0 Å². The number of nitrogens with zero attached hydrogens (tertiary/aromatic N) is 1. The second-order valence-corrected chi connectivity index (χ2v) is 5.89. The first-order valence-corrected chi connectivity index (χ1v) is 7.27. The van der Waals surface area contributed by atoms with Crippen LogP contribution in [0.25, 0.3) is 0 Å². The van der Waals surface area contributed by atoms with Crippen molar-refractivity contribution in [2.24, 2.45) is 5.84 Å². The molecule has 1 aromatic carbocycles. The lowest BCUT2D eigenvalue weighted by molar-refractivity contribution is 0.537. The topological polar surface area (TPSA) is 50.9 Å². The molecule has 0 bridgehead atoms. The second-order valence-electron chi connectivity index (χ2n) is 4.19. The highest BCUT2D eigenvalue weighted by Crippen LogP contribution is 2.27. The lowest BCUT2D eigenvalue weighted by atomic mass is 10.0. The lowest BCUT2D eigenvalue weighted by Gasteiger charge is -2.17. The van der Waals surface area contributed by atoms with Crippen LogP contribution in [0.3, 0.4) is 0 Å². The molecule has 1 atom stereocenters. The lowest BCUT2D eigenvalue weighted by Crippen LogP contribution is -2.30. The number of rotatable bonds is 4. The highest BCUT2D eigenvalue weighted by molar-refractivity contribution is 9.10. The van der Waals surface area contributed by atoms with Crippen LogP contribution in [0.15, 0.2) is 34.9 Å². The van der Waals surface area contributed by atoms with Crippen molar-refractivity contribution >= 4 is 39.1 Å². The smallest absolute Gasteiger partial charge is 0.137 e. The summed E-state index contributed by atoms with van der Waals surface area (Å²) in [5.74, 6) is 5.25. The van der Waals surface area contributed by atoms with Crippen LogP contribution in [0.1, 0.15) is 17.3 Å². The third kappa shape index (κ3) is 3.68. The third-order valence-corrected chi connectivity index (χ3v) is 3.91. The van der Waals surface area contributed by atoms with Crippen molar-refractivity contribution < 1.29 is 4.39 Å². The molecular weight excluding hydrogens is 368 g/mol. The first kappa shape index (κ1) is 15.7. The Morgan fingerprint density at radius 3 is 2.70 bits per heavy atom. The van der Waals surface area contributed by atoms with E-state index in [1.165, 1.54) is 12.3 Å². The highest BCUT2D eigenvalue weighted by atomic mass is 79.9. The normalized spacial score (nSPS) is 12.4. The van der Waals surface area contributed by atoms with Gasteiger partial charge in [-0.2, -0.15) is 0 Å². The molecule has 7 heteroatoms. The van der Waals surface area contributed by atoms with E-state index in [-0.39, 0.29) is 11.9 Å². The molecule has 1 heterocycles. The van der Waals surface area contributed by atoms with Gasteiger partial charge in [-0.3, -0.25) is 16.3 Å². The largest absolute Gasteiger partial charge is 0.271 e. The van der Waals surface area contributed by atoms with Gasteiger partial charge in [0.2, 0.25) is 0 Å². The van der Waals surface area contributed by atoms with Crippen molar-refractivity contribution in [1.82, 2.24) is 10.4 Å². The molecule has 3 N–H and O–H groups in total. The molecule has 2 rings (SSSR count).